The smallest absolute Gasteiger partial charge is 0.385 e. The zero-order valence-electron chi connectivity index (χ0n) is 19.9. The molecular formula is C25H29F3N6O2. The number of rotatable bonds is 6. The molecule has 1 aliphatic heterocycles. The molecular weight excluding hydrogens is 473 g/mol. The normalized spacial score (nSPS) is 23.4. The van der Waals surface area contributed by atoms with Gasteiger partial charge in [-0.1, -0.05) is 6.07 Å². The van der Waals surface area contributed by atoms with Crippen LogP contribution in [0.4, 0.5) is 19.0 Å². The summed E-state index contributed by atoms with van der Waals surface area (Å²) in [5.41, 5.74) is 0.646. The molecule has 0 spiro atoms. The zero-order valence-corrected chi connectivity index (χ0v) is 19.9. The quantitative estimate of drug-likeness (QED) is 0.412. The van der Waals surface area contributed by atoms with Crippen molar-refractivity contribution in [3.63, 3.8) is 0 Å². The lowest BCUT2D eigenvalue weighted by Crippen LogP contribution is -2.63. The van der Waals surface area contributed by atoms with Crippen LogP contribution in [0.15, 0.2) is 36.5 Å². The number of aliphatic hydroxyl groups is 1. The van der Waals surface area contributed by atoms with Gasteiger partial charge in [0, 0.05) is 42.0 Å². The minimum atomic E-state index is -4.45. The molecule has 3 heterocycles. The molecule has 5 rings (SSSR count). The molecule has 0 atom stereocenters. The average molecular weight is 503 g/mol. The third kappa shape index (κ3) is 5.03. The Morgan fingerprint density at radius 3 is 2.64 bits per heavy atom. The van der Waals surface area contributed by atoms with Crippen LogP contribution < -0.4 is 10.6 Å². The molecule has 2 aliphatic rings. The van der Waals surface area contributed by atoms with Crippen LogP contribution in [0.2, 0.25) is 0 Å². The van der Waals surface area contributed by atoms with Crippen LogP contribution >= 0.6 is 0 Å². The van der Waals surface area contributed by atoms with Crippen LogP contribution in [0.5, 0.6) is 0 Å². The first-order valence-electron chi connectivity index (χ1n) is 12.1. The van der Waals surface area contributed by atoms with Crippen LogP contribution in [-0.4, -0.2) is 62.8 Å². The lowest BCUT2D eigenvalue weighted by atomic mass is 9.77. The number of carbonyl (C=O) groups is 1. The Morgan fingerprint density at radius 2 is 1.97 bits per heavy atom. The highest BCUT2D eigenvalue weighted by Crippen LogP contribution is 2.39. The standard InChI is InChI=1S/C25H29F3N6O2/c1-15-2-3-17(11-29-15)24(36)8-6-19(7-9-24)34-13-18(14-34)31-22(35)12-30-23-20-10-16(25(26,27)28)4-5-21(20)32-33-23/h2-5,10-11,18-19,36H,6-9,12-14H2,1H3,(H,31,35)(H2,30,32,33)/t19-,24-. The highest BCUT2D eigenvalue weighted by Gasteiger charge is 2.40. The van der Waals surface area contributed by atoms with E-state index in [1.807, 2.05) is 19.1 Å². The van der Waals surface area contributed by atoms with Crippen molar-refractivity contribution in [2.75, 3.05) is 25.0 Å². The second-order valence-corrected chi connectivity index (χ2v) is 9.85. The van der Waals surface area contributed by atoms with Gasteiger partial charge in [0.05, 0.1) is 29.3 Å². The van der Waals surface area contributed by atoms with Gasteiger partial charge in [0.25, 0.3) is 0 Å². The van der Waals surface area contributed by atoms with E-state index in [1.54, 1.807) is 6.20 Å². The molecule has 1 saturated carbocycles. The number of halogens is 3. The van der Waals surface area contributed by atoms with E-state index in [0.717, 1.165) is 49.3 Å². The number of anilines is 1. The van der Waals surface area contributed by atoms with Crippen LogP contribution in [0.25, 0.3) is 10.9 Å². The molecule has 8 nitrogen and oxygen atoms in total. The van der Waals surface area contributed by atoms with Gasteiger partial charge >= 0.3 is 6.18 Å². The SMILES string of the molecule is Cc1ccc([C@]2(O)CC[C@H](N3CC(NC(=O)CNc4n[nH]c5ccc(C(F)(F)F)cc45)C3)CC2)cn1. The van der Waals surface area contributed by atoms with E-state index in [1.165, 1.54) is 6.07 Å². The summed E-state index contributed by atoms with van der Waals surface area (Å²) in [6, 6.07) is 7.60. The topological polar surface area (TPSA) is 106 Å². The number of nitrogens with zero attached hydrogens (tertiary/aromatic N) is 3. The van der Waals surface area contributed by atoms with Gasteiger partial charge in [-0.05, 0) is 56.9 Å². The second-order valence-electron chi connectivity index (χ2n) is 9.85. The number of fused-ring (bicyclic) bond motifs is 1. The number of hydrogen-bond donors (Lipinski definition) is 4. The van der Waals surface area contributed by atoms with Crippen molar-refractivity contribution in [1.29, 1.82) is 0 Å². The number of nitrogens with one attached hydrogen (secondary N) is 3. The van der Waals surface area contributed by atoms with E-state index in [2.05, 4.69) is 30.7 Å². The van der Waals surface area contributed by atoms with Crippen LogP contribution in [0.1, 0.15) is 42.5 Å². The molecule has 1 aromatic carbocycles. The van der Waals surface area contributed by atoms with Gasteiger partial charge < -0.3 is 15.7 Å². The molecule has 2 fully saturated rings. The van der Waals surface area contributed by atoms with E-state index >= 15 is 0 Å². The average Bonchev–Trinajstić information content (AvgIpc) is 3.23. The monoisotopic (exact) mass is 502 g/mol. The molecule has 4 N–H and O–H groups in total. The van der Waals surface area contributed by atoms with Crippen molar-refractivity contribution in [2.24, 2.45) is 0 Å². The maximum absolute atomic E-state index is 13.0. The summed E-state index contributed by atoms with van der Waals surface area (Å²) in [5, 5.41) is 23.8. The van der Waals surface area contributed by atoms with Gasteiger partial charge in [0.1, 0.15) is 0 Å². The minimum absolute atomic E-state index is 0.0224. The minimum Gasteiger partial charge on any atom is -0.385 e. The molecule has 0 radical (unpaired) electrons. The molecule has 1 saturated heterocycles. The number of benzene rings is 1. The first-order valence-corrected chi connectivity index (χ1v) is 12.1. The Kier molecular flexibility index (Phi) is 6.37. The van der Waals surface area contributed by atoms with Crippen molar-refractivity contribution >= 4 is 22.6 Å². The number of aromatic amines is 1. The fourth-order valence-electron chi connectivity index (χ4n) is 5.15. The molecule has 1 amide bonds. The number of aromatic nitrogens is 3. The van der Waals surface area contributed by atoms with E-state index in [4.69, 9.17) is 0 Å². The Labute approximate surface area is 206 Å². The molecule has 2 aromatic heterocycles. The Balaban J connectivity index is 1.07. The number of carbonyl (C=O) groups excluding carboxylic acids is 1. The van der Waals surface area contributed by atoms with Crippen molar-refractivity contribution in [3.8, 4) is 0 Å². The van der Waals surface area contributed by atoms with Crippen molar-refractivity contribution in [1.82, 2.24) is 25.4 Å². The summed E-state index contributed by atoms with van der Waals surface area (Å²) >= 11 is 0. The van der Waals surface area contributed by atoms with E-state index in [9.17, 15) is 23.1 Å². The number of likely N-dealkylation sites (tertiary alicyclic amines) is 1. The zero-order chi connectivity index (χ0) is 25.5. The van der Waals surface area contributed by atoms with Crippen molar-refractivity contribution < 1.29 is 23.1 Å². The summed E-state index contributed by atoms with van der Waals surface area (Å²) in [5.74, 6) is -0.0346. The maximum atomic E-state index is 13.0. The van der Waals surface area contributed by atoms with Crippen LogP contribution in [0, 0.1) is 6.92 Å². The van der Waals surface area contributed by atoms with Gasteiger partial charge in [-0.25, -0.2) is 0 Å². The number of alkyl halides is 3. The molecule has 3 aromatic rings. The summed E-state index contributed by atoms with van der Waals surface area (Å²) in [6.07, 6.45) is 0.406. The third-order valence-electron chi connectivity index (χ3n) is 7.33. The number of aryl methyl sites for hydroxylation is 1. The summed E-state index contributed by atoms with van der Waals surface area (Å²) < 4.78 is 39.1. The van der Waals surface area contributed by atoms with Crippen LogP contribution in [0.3, 0.4) is 0 Å². The van der Waals surface area contributed by atoms with Crippen molar-refractivity contribution in [3.05, 3.63) is 53.3 Å². The van der Waals surface area contributed by atoms with Crippen LogP contribution in [-0.2, 0) is 16.6 Å². The number of pyridine rings is 1. The summed E-state index contributed by atoms with van der Waals surface area (Å²) in [7, 11) is 0. The fourth-order valence-corrected chi connectivity index (χ4v) is 5.15. The third-order valence-corrected chi connectivity index (χ3v) is 7.33. The van der Waals surface area contributed by atoms with Gasteiger partial charge in [-0.2, -0.15) is 18.3 Å². The van der Waals surface area contributed by atoms with E-state index < -0.39 is 17.3 Å². The molecule has 1 aliphatic carbocycles. The van der Waals surface area contributed by atoms with E-state index in [0.29, 0.717) is 24.4 Å². The highest BCUT2D eigenvalue weighted by molar-refractivity contribution is 5.92. The predicted molar refractivity (Wildman–Crippen MR) is 128 cm³/mol. The van der Waals surface area contributed by atoms with Gasteiger partial charge in [0.2, 0.25) is 5.91 Å². The lowest BCUT2D eigenvalue weighted by Gasteiger charge is -2.48. The highest BCUT2D eigenvalue weighted by atomic mass is 19.4. The molecule has 0 bridgehead atoms. The van der Waals surface area contributed by atoms with Gasteiger partial charge in [0.15, 0.2) is 5.82 Å². The molecule has 192 valence electrons. The Hall–Kier alpha value is -3.18. The molecule has 11 heteroatoms. The fraction of sp³-hybridized carbons (Fsp3) is 0.480. The maximum Gasteiger partial charge on any atom is 0.416 e. The number of hydrogen-bond acceptors (Lipinski definition) is 6. The predicted octanol–water partition coefficient (Wildman–Crippen LogP) is 3.33. The van der Waals surface area contributed by atoms with E-state index in [-0.39, 0.29) is 29.7 Å². The lowest BCUT2D eigenvalue weighted by molar-refractivity contribution is -0.137. The first-order chi connectivity index (χ1) is 17.1. The Morgan fingerprint density at radius 1 is 1.22 bits per heavy atom. The largest absolute Gasteiger partial charge is 0.416 e. The van der Waals surface area contributed by atoms with Gasteiger partial charge in [-0.15, -0.1) is 0 Å². The Bertz CT molecular complexity index is 1230. The van der Waals surface area contributed by atoms with Crippen molar-refractivity contribution in [2.45, 2.75) is 56.5 Å². The number of amides is 1. The number of H-pyrrole nitrogens is 1. The van der Waals surface area contributed by atoms with Gasteiger partial charge in [-0.3, -0.25) is 19.8 Å². The summed E-state index contributed by atoms with van der Waals surface area (Å²) in [4.78, 5) is 19.0. The summed E-state index contributed by atoms with van der Waals surface area (Å²) in [6.45, 7) is 3.31. The molecule has 0 unspecified atom stereocenters. The first kappa shape index (κ1) is 24.5. The molecule has 36 heavy (non-hydrogen) atoms. The second kappa shape index (κ2) is 9.36.